The number of aliphatic hydroxyl groups excluding tert-OH is 1. The van der Waals surface area contributed by atoms with Gasteiger partial charge in [-0.15, -0.1) is 0 Å². The smallest absolute Gasteiger partial charge is 0.0900 e. The molecule has 138 valence electrons. The van der Waals surface area contributed by atoms with Gasteiger partial charge in [0.1, 0.15) is 0 Å². The van der Waals surface area contributed by atoms with Gasteiger partial charge in [0, 0.05) is 45.0 Å². The van der Waals surface area contributed by atoms with E-state index in [1.54, 1.807) is 0 Å². The molecule has 2 bridgehead atoms. The van der Waals surface area contributed by atoms with Crippen LogP contribution in [-0.4, -0.2) is 62.0 Å². The first kappa shape index (κ1) is 17.3. The van der Waals surface area contributed by atoms with Crippen LogP contribution in [0.3, 0.4) is 0 Å². The van der Waals surface area contributed by atoms with Crippen LogP contribution >= 0.6 is 0 Å². The Morgan fingerprint density at radius 3 is 2.52 bits per heavy atom. The van der Waals surface area contributed by atoms with Crippen molar-refractivity contribution in [1.82, 2.24) is 4.90 Å². The van der Waals surface area contributed by atoms with Crippen LogP contribution in [0.25, 0.3) is 0 Å². The maximum absolute atomic E-state index is 10.3. The van der Waals surface area contributed by atoms with Crippen molar-refractivity contribution in [2.45, 2.75) is 31.8 Å². The van der Waals surface area contributed by atoms with E-state index in [4.69, 9.17) is 4.74 Å². The number of β-amino-alcohol motifs (C(OH)–C–C–N with tert-alkyl or cyclic N) is 1. The Labute approximate surface area is 151 Å². The zero-order valence-corrected chi connectivity index (χ0v) is 15.2. The van der Waals surface area contributed by atoms with E-state index in [0.29, 0.717) is 6.61 Å². The highest BCUT2D eigenvalue weighted by atomic mass is 16.5. The van der Waals surface area contributed by atoms with Crippen molar-refractivity contribution in [1.29, 1.82) is 0 Å². The second-order valence-corrected chi connectivity index (χ2v) is 8.25. The first-order chi connectivity index (χ1) is 12.3. The minimum absolute atomic E-state index is 0.359. The summed E-state index contributed by atoms with van der Waals surface area (Å²) in [7, 11) is 0. The van der Waals surface area contributed by atoms with Gasteiger partial charge in [0.2, 0.25) is 0 Å². The first-order valence-corrected chi connectivity index (χ1v) is 10.1. The number of nitrogens with zero attached hydrogens (tertiary/aromatic N) is 2. The lowest BCUT2D eigenvalue weighted by Gasteiger charge is -2.36. The molecule has 1 N–H and O–H groups in total. The number of fused-ring (bicyclic) bond motifs is 2. The maximum atomic E-state index is 10.3. The number of aliphatic hydroxyl groups is 1. The number of piperazine rings is 1. The molecule has 4 nitrogen and oxygen atoms in total. The number of para-hydroxylation sites is 1. The molecule has 1 aliphatic heterocycles. The van der Waals surface area contributed by atoms with Gasteiger partial charge < -0.3 is 14.7 Å². The van der Waals surface area contributed by atoms with Crippen molar-refractivity contribution in [3.63, 3.8) is 0 Å². The molecule has 4 heteroatoms. The standard InChI is InChI=1S/C21H32N2O2/c24-21(16-25-15-19-13-17-6-7-18(19)12-17)14-22-8-10-23(11-9-22)20-4-2-1-3-5-20/h1-5,17-19,21,24H,6-16H2/t17-,18-,19-,21+/m0/s1. The molecular formula is C21H32N2O2. The molecule has 1 aromatic carbocycles. The molecule has 0 aromatic heterocycles. The Hall–Kier alpha value is -1.10. The van der Waals surface area contributed by atoms with Crippen LogP contribution in [0.15, 0.2) is 30.3 Å². The van der Waals surface area contributed by atoms with Gasteiger partial charge in [0.05, 0.1) is 12.7 Å². The summed E-state index contributed by atoms with van der Waals surface area (Å²) in [5.74, 6) is 2.65. The van der Waals surface area contributed by atoms with Gasteiger partial charge >= 0.3 is 0 Å². The summed E-state index contributed by atoms with van der Waals surface area (Å²) < 4.78 is 5.88. The quantitative estimate of drug-likeness (QED) is 0.825. The summed E-state index contributed by atoms with van der Waals surface area (Å²) in [5.41, 5.74) is 1.30. The molecule has 0 amide bonds. The van der Waals surface area contributed by atoms with Crippen molar-refractivity contribution in [3.05, 3.63) is 30.3 Å². The highest BCUT2D eigenvalue weighted by Crippen LogP contribution is 2.48. The van der Waals surface area contributed by atoms with Gasteiger partial charge in [-0.3, -0.25) is 4.90 Å². The van der Waals surface area contributed by atoms with Gasteiger partial charge in [-0.1, -0.05) is 24.6 Å². The van der Waals surface area contributed by atoms with Gasteiger partial charge in [0.15, 0.2) is 0 Å². The van der Waals surface area contributed by atoms with Crippen LogP contribution in [0.2, 0.25) is 0 Å². The summed E-state index contributed by atoms with van der Waals surface area (Å²) in [6, 6.07) is 10.6. The highest BCUT2D eigenvalue weighted by Gasteiger charge is 2.39. The Morgan fingerprint density at radius 1 is 1.04 bits per heavy atom. The summed E-state index contributed by atoms with van der Waals surface area (Å²) in [5, 5.41) is 10.3. The van der Waals surface area contributed by atoms with Crippen LogP contribution in [0, 0.1) is 17.8 Å². The molecule has 3 fully saturated rings. The van der Waals surface area contributed by atoms with Crippen LogP contribution in [0.5, 0.6) is 0 Å². The average Bonchev–Trinajstić information content (AvgIpc) is 3.26. The number of rotatable bonds is 7. The van der Waals surface area contributed by atoms with E-state index in [0.717, 1.165) is 57.1 Å². The third kappa shape index (κ3) is 4.36. The highest BCUT2D eigenvalue weighted by molar-refractivity contribution is 5.46. The van der Waals surface area contributed by atoms with E-state index in [-0.39, 0.29) is 6.10 Å². The normalized spacial score (nSPS) is 30.8. The number of ether oxygens (including phenoxy) is 1. The molecule has 0 unspecified atom stereocenters. The van der Waals surface area contributed by atoms with Crippen molar-refractivity contribution in [3.8, 4) is 0 Å². The lowest BCUT2D eigenvalue weighted by Crippen LogP contribution is -2.49. The van der Waals surface area contributed by atoms with E-state index in [1.165, 1.54) is 31.4 Å². The first-order valence-electron chi connectivity index (χ1n) is 10.1. The maximum Gasteiger partial charge on any atom is 0.0900 e. The van der Waals surface area contributed by atoms with Gasteiger partial charge in [0.25, 0.3) is 0 Å². The van der Waals surface area contributed by atoms with Crippen LogP contribution in [0.4, 0.5) is 5.69 Å². The molecule has 0 radical (unpaired) electrons. The van der Waals surface area contributed by atoms with Crippen LogP contribution in [0.1, 0.15) is 25.7 Å². The predicted molar refractivity (Wildman–Crippen MR) is 101 cm³/mol. The molecule has 1 aromatic rings. The third-order valence-corrected chi connectivity index (χ3v) is 6.49. The van der Waals surface area contributed by atoms with E-state index in [9.17, 15) is 5.11 Å². The third-order valence-electron chi connectivity index (χ3n) is 6.49. The Balaban J connectivity index is 1.13. The van der Waals surface area contributed by atoms with Crippen molar-refractivity contribution in [2.24, 2.45) is 17.8 Å². The molecule has 0 spiro atoms. The molecule has 25 heavy (non-hydrogen) atoms. The topological polar surface area (TPSA) is 35.9 Å². The molecule has 3 aliphatic rings. The van der Waals surface area contributed by atoms with E-state index < -0.39 is 0 Å². The van der Waals surface area contributed by atoms with E-state index >= 15 is 0 Å². The lowest BCUT2D eigenvalue weighted by atomic mass is 9.90. The van der Waals surface area contributed by atoms with Crippen molar-refractivity contribution >= 4 is 5.69 Å². The lowest BCUT2D eigenvalue weighted by molar-refractivity contribution is -0.00274. The van der Waals surface area contributed by atoms with E-state index in [1.807, 2.05) is 0 Å². The summed E-state index contributed by atoms with van der Waals surface area (Å²) >= 11 is 0. The fourth-order valence-electron chi connectivity index (χ4n) is 5.11. The van der Waals surface area contributed by atoms with Gasteiger partial charge in [-0.2, -0.15) is 0 Å². The fourth-order valence-corrected chi connectivity index (χ4v) is 5.11. The molecule has 4 rings (SSSR count). The second kappa shape index (κ2) is 8.07. The zero-order valence-electron chi connectivity index (χ0n) is 15.2. The number of hydrogen-bond acceptors (Lipinski definition) is 4. The number of hydrogen-bond donors (Lipinski definition) is 1. The molecular weight excluding hydrogens is 312 g/mol. The molecule has 2 saturated carbocycles. The monoisotopic (exact) mass is 344 g/mol. The second-order valence-electron chi connectivity index (χ2n) is 8.25. The Morgan fingerprint density at radius 2 is 1.84 bits per heavy atom. The van der Waals surface area contributed by atoms with Crippen LogP contribution < -0.4 is 4.90 Å². The number of benzene rings is 1. The SMILES string of the molecule is O[C@@H](COC[C@@H]1C[C@H]2CC[C@H]1C2)CN1CCN(c2ccccc2)CC1. The summed E-state index contributed by atoms with van der Waals surface area (Å²) in [6.45, 7) is 6.17. The van der Waals surface area contributed by atoms with Gasteiger partial charge in [-0.25, -0.2) is 0 Å². The van der Waals surface area contributed by atoms with Gasteiger partial charge in [-0.05, 0) is 49.1 Å². The van der Waals surface area contributed by atoms with Crippen molar-refractivity contribution < 1.29 is 9.84 Å². The van der Waals surface area contributed by atoms with Crippen molar-refractivity contribution in [2.75, 3.05) is 50.8 Å². The fraction of sp³-hybridized carbons (Fsp3) is 0.714. The molecule has 1 saturated heterocycles. The molecule has 4 atom stereocenters. The minimum atomic E-state index is -0.359. The predicted octanol–water partition coefficient (Wildman–Crippen LogP) is 2.62. The minimum Gasteiger partial charge on any atom is -0.389 e. The summed E-state index contributed by atoms with van der Waals surface area (Å²) in [4.78, 5) is 4.79. The molecule has 1 heterocycles. The number of anilines is 1. The van der Waals surface area contributed by atoms with E-state index in [2.05, 4.69) is 40.1 Å². The summed E-state index contributed by atoms with van der Waals surface area (Å²) in [6.07, 6.45) is 5.29. The average molecular weight is 344 g/mol. The Kier molecular flexibility index (Phi) is 5.59. The molecule has 2 aliphatic carbocycles. The van der Waals surface area contributed by atoms with Crippen LogP contribution in [-0.2, 0) is 4.74 Å². The Bertz CT molecular complexity index is 530. The zero-order chi connectivity index (χ0) is 17.1. The largest absolute Gasteiger partial charge is 0.389 e.